The highest BCUT2D eigenvalue weighted by atomic mass is 32.2. The van der Waals surface area contributed by atoms with Crippen molar-refractivity contribution in [3.63, 3.8) is 0 Å². The second kappa shape index (κ2) is 8.33. The van der Waals surface area contributed by atoms with E-state index in [-0.39, 0.29) is 23.2 Å². The molecule has 3 atom stereocenters. The van der Waals surface area contributed by atoms with E-state index in [1.54, 1.807) is 28.8 Å². The van der Waals surface area contributed by atoms with Gasteiger partial charge in [-0.05, 0) is 43.2 Å². The number of carbonyl (C=O) groups excluding carboxylic acids is 2. The van der Waals surface area contributed by atoms with Crippen LogP contribution in [0.5, 0.6) is 5.75 Å². The van der Waals surface area contributed by atoms with E-state index < -0.39 is 6.29 Å². The first kappa shape index (κ1) is 21.2. The zero-order chi connectivity index (χ0) is 22.4. The number of nitrogens with zero attached hydrogens (tertiary/aromatic N) is 3. The van der Waals surface area contributed by atoms with E-state index >= 15 is 0 Å². The summed E-state index contributed by atoms with van der Waals surface area (Å²) >= 11 is 1.66. The lowest BCUT2D eigenvalue weighted by molar-refractivity contribution is -0.145. The molecule has 3 fully saturated rings. The number of hydrogen-bond donors (Lipinski definition) is 1. The quantitative estimate of drug-likeness (QED) is 0.755. The van der Waals surface area contributed by atoms with Gasteiger partial charge < -0.3 is 9.64 Å². The van der Waals surface area contributed by atoms with Gasteiger partial charge in [0, 0.05) is 5.56 Å². The highest BCUT2D eigenvalue weighted by Crippen LogP contribution is 2.40. The Labute approximate surface area is 192 Å². The highest BCUT2D eigenvalue weighted by molar-refractivity contribution is 8.00. The van der Waals surface area contributed by atoms with Crippen molar-refractivity contribution in [3.05, 3.63) is 64.7 Å². The molecular weight excluding hydrogens is 424 g/mol. The van der Waals surface area contributed by atoms with E-state index in [4.69, 9.17) is 4.74 Å². The van der Waals surface area contributed by atoms with Gasteiger partial charge >= 0.3 is 6.03 Å². The van der Waals surface area contributed by atoms with Crippen LogP contribution in [-0.2, 0) is 17.9 Å². The van der Waals surface area contributed by atoms with Gasteiger partial charge in [0.25, 0.3) is 0 Å². The number of urea groups is 1. The smallest absolute Gasteiger partial charge is 0.337 e. The summed E-state index contributed by atoms with van der Waals surface area (Å²) in [5, 5.41) is 1.45. The molecule has 32 heavy (non-hydrogen) atoms. The van der Waals surface area contributed by atoms with Gasteiger partial charge in [-0.25, -0.2) is 4.79 Å². The van der Waals surface area contributed by atoms with Crippen molar-refractivity contribution in [2.24, 2.45) is 0 Å². The molecule has 5 rings (SSSR count). The normalized spacial score (nSPS) is 24.7. The van der Waals surface area contributed by atoms with E-state index in [1.807, 2.05) is 29.2 Å². The van der Waals surface area contributed by atoms with Crippen molar-refractivity contribution in [1.82, 2.24) is 20.2 Å². The lowest BCUT2D eigenvalue weighted by atomic mass is 10.0. The zero-order valence-electron chi connectivity index (χ0n) is 18.6. The fourth-order valence-electron chi connectivity index (χ4n) is 4.86. The van der Waals surface area contributed by atoms with Crippen LogP contribution in [0.3, 0.4) is 0 Å². The fourth-order valence-corrected chi connectivity index (χ4v) is 6.26. The lowest BCUT2D eigenvalue weighted by Crippen LogP contribution is -2.65. The Morgan fingerprint density at radius 1 is 1.09 bits per heavy atom. The van der Waals surface area contributed by atoms with Crippen LogP contribution in [0.25, 0.3) is 0 Å². The summed E-state index contributed by atoms with van der Waals surface area (Å²) in [5.41, 5.74) is 7.69. The highest BCUT2D eigenvalue weighted by Gasteiger charge is 2.55. The number of ether oxygens (including phenoxy) is 1. The molecule has 3 aliphatic rings. The minimum atomic E-state index is -0.495. The van der Waals surface area contributed by atoms with Crippen LogP contribution < -0.4 is 10.2 Å². The van der Waals surface area contributed by atoms with Gasteiger partial charge in [-0.15, -0.1) is 11.8 Å². The number of amides is 3. The number of fused-ring (bicyclic) bond motifs is 3. The Hall–Kier alpha value is -2.71. The predicted molar refractivity (Wildman–Crippen MR) is 124 cm³/mol. The largest absolute Gasteiger partial charge is 0.496 e. The van der Waals surface area contributed by atoms with E-state index in [2.05, 4.69) is 37.5 Å². The summed E-state index contributed by atoms with van der Waals surface area (Å²) in [6.45, 7) is 4.95. The molecule has 0 spiro atoms. The molecule has 2 aromatic carbocycles. The molecule has 8 heteroatoms. The standard InChI is InChI=1S/C24H28N4O3S/c1-15-8-9-16(2)18(12-15)14-27-24(30)28-19-10-11-32-21(19)22(29)26(23(28)25-27)13-17-6-4-5-7-20(17)31-3/h4-9,12,19,21,23,25H,10-11,13-14H2,1-3H3. The first-order chi connectivity index (χ1) is 15.5. The van der Waals surface area contributed by atoms with Crippen LogP contribution in [0.15, 0.2) is 42.5 Å². The van der Waals surface area contributed by atoms with Crippen LogP contribution in [-0.4, -0.2) is 57.2 Å². The Balaban J connectivity index is 1.46. The molecule has 0 radical (unpaired) electrons. The van der Waals surface area contributed by atoms with Crippen molar-refractivity contribution < 1.29 is 14.3 Å². The van der Waals surface area contributed by atoms with Crippen LogP contribution in [0, 0.1) is 13.8 Å². The van der Waals surface area contributed by atoms with Crippen molar-refractivity contribution in [2.45, 2.75) is 50.9 Å². The van der Waals surface area contributed by atoms with Crippen molar-refractivity contribution in [1.29, 1.82) is 0 Å². The van der Waals surface area contributed by atoms with Gasteiger partial charge in [-0.3, -0.25) is 14.7 Å². The third-order valence-corrected chi connectivity index (χ3v) is 7.94. The number of aryl methyl sites for hydroxylation is 2. The van der Waals surface area contributed by atoms with Crippen LogP contribution in [0.2, 0.25) is 0 Å². The molecule has 168 valence electrons. The second-order valence-corrected chi connectivity index (χ2v) is 9.88. The topological polar surface area (TPSA) is 65.1 Å². The maximum absolute atomic E-state index is 13.5. The van der Waals surface area contributed by atoms with Crippen LogP contribution in [0.4, 0.5) is 4.79 Å². The van der Waals surface area contributed by atoms with Gasteiger partial charge in [0.05, 0.1) is 26.2 Å². The fraction of sp³-hybridized carbons (Fsp3) is 0.417. The second-order valence-electron chi connectivity index (χ2n) is 8.63. The molecule has 0 saturated carbocycles. The number of methoxy groups -OCH3 is 1. The number of carbonyl (C=O) groups is 2. The van der Waals surface area contributed by atoms with Gasteiger partial charge in [0.2, 0.25) is 5.91 Å². The molecule has 7 nitrogen and oxygen atoms in total. The zero-order valence-corrected chi connectivity index (χ0v) is 19.4. The molecule has 1 N–H and O–H groups in total. The Morgan fingerprint density at radius 2 is 1.91 bits per heavy atom. The van der Waals surface area contributed by atoms with Crippen LogP contribution in [0.1, 0.15) is 28.7 Å². The number of nitrogens with one attached hydrogen (secondary N) is 1. The molecule has 3 aliphatic heterocycles. The molecule has 0 aliphatic carbocycles. The summed E-state index contributed by atoms with van der Waals surface area (Å²) in [7, 11) is 1.63. The number of para-hydroxylation sites is 1. The first-order valence-electron chi connectivity index (χ1n) is 10.9. The van der Waals surface area contributed by atoms with Crippen LogP contribution >= 0.6 is 11.8 Å². The average Bonchev–Trinajstić information content (AvgIpc) is 3.39. The van der Waals surface area contributed by atoms with Crippen molar-refractivity contribution in [3.8, 4) is 5.75 Å². The van der Waals surface area contributed by atoms with Crippen molar-refractivity contribution >= 4 is 23.7 Å². The average molecular weight is 453 g/mol. The number of hydrazine groups is 1. The summed E-state index contributed by atoms with van der Waals surface area (Å²) < 4.78 is 5.51. The van der Waals surface area contributed by atoms with Gasteiger partial charge in [0.15, 0.2) is 6.29 Å². The van der Waals surface area contributed by atoms with E-state index in [9.17, 15) is 9.59 Å². The summed E-state index contributed by atoms with van der Waals surface area (Å²) in [5.74, 6) is 1.71. The number of thioether (sulfide) groups is 1. The van der Waals surface area contributed by atoms with E-state index in [1.165, 1.54) is 0 Å². The number of rotatable bonds is 5. The maximum Gasteiger partial charge on any atom is 0.337 e. The van der Waals surface area contributed by atoms with Gasteiger partial charge in [-0.1, -0.05) is 42.0 Å². The maximum atomic E-state index is 13.5. The SMILES string of the molecule is COc1ccccc1CN1C(=O)C2SCCC2N2C(=O)N(Cc3cc(C)ccc3C)NC12. The Morgan fingerprint density at radius 3 is 2.72 bits per heavy atom. The lowest BCUT2D eigenvalue weighted by Gasteiger charge is -2.44. The minimum absolute atomic E-state index is 0.0640. The monoisotopic (exact) mass is 452 g/mol. The number of benzene rings is 2. The summed E-state index contributed by atoms with van der Waals surface area (Å²) in [6.07, 6.45) is 0.343. The molecular formula is C24H28N4O3S. The van der Waals surface area contributed by atoms with Gasteiger partial charge in [-0.2, -0.15) is 5.43 Å². The minimum Gasteiger partial charge on any atom is -0.496 e. The third-order valence-electron chi connectivity index (χ3n) is 6.59. The molecule has 3 unspecified atom stereocenters. The predicted octanol–water partition coefficient (Wildman–Crippen LogP) is 3.25. The molecule has 3 amide bonds. The molecule has 3 heterocycles. The molecule has 0 aromatic heterocycles. The molecule has 2 aromatic rings. The third kappa shape index (κ3) is 3.51. The first-order valence-corrected chi connectivity index (χ1v) is 12.0. The molecule has 0 bridgehead atoms. The Kier molecular flexibility index (Phi) is 5.51. The van der Waals surface area contributed by atoms with Gasteiger partial charge in [0.1, 0.15) is 11.0 Å². The Bertz CT molecular complexity index is 1060. The van der Waals surface area contributed by atoms with E-state index in [0.29, 0.717) is 13.1 Å². The summed E-state index contributed by atoms with van der Waals surface area (Å²) in [6, 6.07) is 13.9. The van der Waals surface area contributed by atoms with E-state index in [0.717, 1.165) is 40.2 Å². The van der Waals surface area contributed by atoms with Crippen molar-refractivity contribution in [2.75, 3.05) is 12.9 Å². The number of hydrogen-bond acceptors (Lipinski definition) is 5. The molecule has 3 saturated heterocycles. The summed E-state index contributed by atoms with van der Waals surface area (Å²) in [4.78, 5) is 30.7.